The zero-order valence-corrected chi connectivity index (χ0v) is 32.9. The number of nitrogens with one attached hydrogen (secondary N) is 3. The number of benzene rings is 1. The van der Waals surface area contributed by atoms with Gasteiger partial charge in [0.15, 0.2) is 5.78 Å². The van der Waals surface area contributed by atoms with Crippen molar-refractivity contribution in [2.45, 2.75) is 78.5 Å². The maximum absolute atomic E-state index is 13.5. The molecule has 5 amide bonds. The summed E-state index contributed by atoms with van der Waals surface area (Å²) < 4.78 is 21.6. The van der Waals surface area contributed by atoms with Crippen molar-refractivity contribution >= 4 is 35.4 Å². The molecule has 53 heavy (non-hydrogen) atoms. The second-order valence-corrected chi connectivity index (χ2v) is 14.2. The van der Waals surface area contributed by atoms with Gasteiger partial charge in [0.25, 0.3) is 0 Å². The van der Waals surface area contributed by atoms with E-state index < -0.39 is 24.1 Å². The maximum Gasteiger partial charge on any atom is 0.409 e. The lowest BCUT2D eigenvalue weighted by Gasteiger charge is -2.33. The molecule has 302 valence electrons. The van der Waals surface area contributed by atoms with Crippen LogP contribution >= 0.6 is 0 Å². The Morgan fingerprint density at radius 3 is 2.04 bits per heavy atom. The first kappa shape index (κ1) is 47.2. The Kier molecular flexibility index (Phi) is 23.2. The van der Waals surface area contributed by atoms with Crippen LogP contribution < -0.4 is 27.4 Å². The summed E-state index contributed by atoms with van der Waals surface area (Å²) in [5, 5.41) is 8.17. The summed E-state index contributed by atoms with van der Waals surface area (Å²) in [6.07, 6.45) is 0.189. The van der Waals surface area contributed by atoms with Crippen LogP contribution in [0.25, 0.3) is 0 Å². The van der Waals surface area contributed by atoms with E-state index in [4.69, 9.17) is 30.4 Å². The third kappa shape index (κ3) is 21.5. The predicted molar refractivity (Wildman–Crippen MR) is 203 cm³/mol. The number of rotatable bonds is 27. The topological polar surface area (TPSA) is 217 Å². The number of nitrogens with two attached hydrogens (primary N) is 2. The number of urea groups is 1. The van der Waals surface area contributed by atoms with Crippen LogP contribution in [0.4, 0.5) is 15.3 Å². The lowest BCUT2D eigenvalue weighted by Crippen LogP contribution is -2.45. The summed E-state index contributed by atoms with van der Waals surface area (Å²) in [4.78, 5) is 67.0. The zero-order valence-electron chi connectivity index (χ0n) is 32.9. The third-order valence-corrected chi connectivity index (χ3v) is 8.47. The smallest absolute Gasteiger partial charge is 0.409 e. The standard InChI is InChI=1S/C37H65N7O9/c1-27(2)33(42-32(46)14-19-50-21-23-52-24-22-51-20-15-38)31(45)25-29(9-8-16-40-35(39)48)34(47)41-30-12-10-28(11-13-30)26-53-36(49)43(6)17-18-44(7)37(3,4)5/h10-13,27,29,33H,8-9,14-26,38H2,1-7H3,(H,41,47)(H,42,46)(H3,39,40,48)/t29-,33+/m1/s1. The van der Waals surface area contributed by atoms with Crippen molar-refractivity contribution in [2.75, 3.05) is 85.2 Å². The molecule has 0 aliphatic rings. The lowest BCUT2D eigenvalue weighted by molar-refractivity contribution is -0.131. The summed E-state index contributed by atoms with van der Waals surface area (Å²) >= 11 is 0. The number of ether oxygens (including phenoxy) is 4. The van der Waals surface area contributed by atoms with Crippen molar-refractivity contribution in [3.8, 4) is 0 Å². The van der Waals surface area contributed by atoms with Crippen molar-refractivity contribution in [2.24, 2.45) is 23.3 Å². The Bertz CT molecular complexity index is 1240. The minimum absolute atomic E-state index is 0.0116. The number of ketones is 1. The molecule has 0 bridgehead atoms. The van der Waals surface area contributed by atoms with Gasteiger partial charge in [0, 0.05) is 63.2 Å². The second-order valence-electron chi connectivity index (χ2n) is 14.2. The van der Waals surface area contributed by atoms with E-state index in [0.717, 1.165) is 5.56 Å². The summed E-state index contributed by atoms with van der Waals surface area (Å²) in [7, 11) is 3.70. The van der Waals surface area contributed by atoms with E-state index in [1.807, 2.05) is 20.9 Å². The number of carbonyl (C=O) groups excluding carboxylic acids is 5. The second kappa shape index (κ2) is 26.0. The van der Waals surface area contributed by atoms with Crippen LogP contribution in [0.3, 0.4) is 0 Å². The fraction of sp³-hybridized carbons (Fsp3) is 0.703. The number of hydrogen-bond donors (Lipinski definition) is 5. The molecule has 0 saturated carbocycles. The maximum atomic E-state index is 13.5. The van der Waals surface area contributed by atoms with Crippen molar-refractivity contribution in [3.63, 3.8) is 0 Å². The molecule has 2 atom stereocenters. The van der Waals surface area contributed by atoms with Gasteiger partial charge in [-0.05, 0) is 64.3 Å². The van der Waals surface area contributed by atoms with E-state index in [9.17, 15) is 24.0 Å². The fourth-order valence-electron chi connectivity index (χ4n) is 4.82. The average molecular weight is 752 g/mol. The lowest BCUT2D eigenvalue weighted by atomic mass is 9.89. The molecule has 0 heterocycles. The highest BCUT2D eigenvalue weighted by atomic mass is 16.6. The number of amides is 5. The van der Waals surface area contributed by atoms with Crippen LogP contribution in [-0.2, 0) is 39.9 Å². The number of likely N-dealkylation sites (N-methyl/N-ethyl adjacent to an activating group) is 2. The van der Waals surface area contributed by atoms with E-state index in [2.05, 4.69) is 41.6 Å². The van der Waals surface area contributed by atoms with Crippen LogP contribution in [0.2, 0.25) is 0 Å². The van der Waals surface area contributed by atoms with Crippen LogP contribution in [-0.4, -0.2) is 131 Å². The monoisotopic (exact) mass is 751 g/mol. The fourth-order valence-corrected chi connectivity index (χ4v) is 4.82. The Balaban J connectivity index is 2.72. The van der Waals surface area contributed by atoms with Crippen molar-refractivity contribution in [3.05, 3.63) is 29.8 Å². The molecule has 16 nitrogen and oxygen atoms in total. The van der Waals surface area contributed by atoms with Gasteiger partial charge in [0.05, 0.1) is 45.7 Å². The summed E-state index contributed by atoms with van der Waals surface area (Å²) in [5.41, 5.74) is 11.8. The largest absolute Gasteiger partial charge is 0.445 e. The van der Waals surface area contributed by atoms with E-state index in [0.29, 0.717) is 71.2 Å². The Morgan fingerprint density at radius 1 is 0.868 bits per heavy atom. The Labute approximate surface area is 315 Å². The number of primary amides is 1. The van der Waals surface area contributed by atoms with Gasteiger partial charge in [-0.15, -0.1) is 0 Å². The molecule has 16 heteroatoms. The van der Waals surface area contributed by atoms with Gasteiger partial charge in [-0.2, -0.15) is 0 Å². The molecule has 0 aliphatic heterocycles. The molecule has 1 rings (SSSR count). The van der Waals surface area contributed by atoms with Crippen molar-refractivity contribution in [1.82, 2.24) is 20.4 Å². The molecule has 0 aromatic heterocycles. The SMILES string of the molecule is CC(C)[C@H](NC(=O)CCOCCOCCOCCN)C(=O)C[C@@H](CCCNC(N)=O)C(=O)Nc1ccc(COC(=O)N(C)CCN(C)C(C)(C)C)cc1. The highest BCUT2D eigenvalue weighted by Crippen LogP contribution is 2.20. The number of anilines is 1. The number of hydrogen-bond acceptors (Lipinski definition) is 11. The number of carbonyl (C=O) groups is 5. The molecule has 0 fully saturated rings. The predicted octanol–water partition coefficient (Wildman–Crippen LogP) is 2.49. The molecule has 1 aromatic rings. The first-order valence-electron chi connectivity index (χ1n) is 18.3. The zero-order chi connectivity index (χ0) is 39.8. The van der Waals surface area contributed by atoms with Gasteiger partial charge in [-0.25, -0.2) is 9.59 Å². The van der Waals surface area contributed by atoms with Gasteiger partial charge in [-0.3, -0.25) is 19.3 Å². The molecule has 0 spiro atoms. The quantitative estimate of drug-likeness (QED) is 0.0823. The highest BCUT2D eigenvalue weighted by Gasteiger charge is 2.29. The van der Waals surface area contributed by atoms with Crippen LogP contribution in [0.15, 0.2) is 24.3 Å². The van der Waals surface area contributed by atoms with Crippen LogP contribution in [0.5, 0.6) is 0 Å². The highest BCUT2D eigenvalue weighted by molar-refractivity contribution is 5.97. The summed E-state index contributed by atoms with van der Waals surface area (Å²) in [6, 6.07) is 5.39. The molecule has 1 aromatic carbocycles. The molecular formula is C37H65N7O9. The molecule has 0 radical (unpaired) electrons. The Morgan fingerprint density at radius 2 is 1.47 bits per heavy atom. The first-order valence-corrected chi connectivity index (χ1v) is 18.3. The normalized spacial score (nSPS) is 12.6. The van der Waals surface area contributed by atoms with Crippen LogP contribution in [0, 0.1) is 11.8 Å². The number of nitrogens with zero attached hydrogens (tertiary/aromatic N) is 2. The average Bonchev–Trinajstić information content (AvgIpc) is 3.10. The van der Waals surface area contributed by atoms with E-state index in [-0.39, 0.29) is 61.7 Å². The summed E-state index contributed by atoms with van der Waals surface area (Å²) in [6.45, 7) is 14.1. The van der Waals surface area contributed by atoms with Gasteiger partial charge >= 0.3 is 12.1 Å². The van der Waals surface area contributed by atoms with Crippen molar-refractivity contribution < 1.29 is 42.9 Å². The van der Waals surface area contributed by atoms with E-state index in [1.165, 1.54) is 4.90 Å². The van der Waals surface area contributed by atoms with Crippen molar-refractivity contribution in [1.29, 1.82) is 0 Å². The van der Waals surface area contributed by atoms with Gasteiger partial charge < -0.3 is 51.3 Å². The van der Waals surface area contributed by atoms with Crippen LogP contribution in [0.1, 0.15) is 65.9 Å². The molecule has 0 aliphatic carbocycles. The van der Waals surface area contributed by atoms with Gasteiger partial charge in [0.1, 0.15) is 6.61 Å². The third-order valence-electron chi connectivity index (χ3n) is 8.47. The minimum Gasteiger partial charge on any atom is -0.445 e. The minimum atomic E-state index is -0.807. The first-order chi connectivity index (χ1) is 25.0. The Hall–Kier alpha value is -3.83. The van der Waals surface area contributed by atoms with E-state index in [1.54, 1.807) is 31.3 Å². The molecule has 0 unspecified atom stereocenters. The molecular weight excluding hydrogens is 686 g/mol. The van der Waals surface area contributed by atoms with E-state index >= 15 is 0 Å². The molecule has 7 N–H and O–H groups in total. The van der Waals surface area contributed by atoms with Gasteiger partial charge in [-0.1, -0.05) is 26.0 Å². The molecule has 0 saturated heterocycles. The number of Topliss-reactive ketones (excluding diaryl/α,β-unsaturated/α-hetero) is 1. The summed E-state index contributed by atoms with van der Waals surface area (Å²) in [5.74, 6) is -1.98. The van der Waals surface area contributed by atoms with Gasteiger partial charge in [0.2, 0.25) is 11.8 Å².